The third-order valence-electron chi connectivity index (χ3n) is 6.58. The van der Waals surface area contributed by atoms with Gasteiger partial charge in [-0.15, -0.1) is 0 Å². The molecule has 0 unspecified atom stereocenters. The lowest BCUT2D eigenvalue weighted by Gasteiger charge is -2.33. The molecule has 0 atom stereocenters. The Bertz CT molecular complexity index is 965. The van der Waals surface area contributed by atoms with Crippen LogP contribution < -0.4 is 5.32 Å². The van der Waals surface area contributed by atoms with Crippen molar-refractivity contribution < 1.29 is 14.3 Å². The van der Waals surface area contributed by atoms with Gasteiger partial charge in [-0.05, 0) is 86.8 Å². The molecule has 1 fully saturated rings. The number of anilines is 1. The molecular formula is C28H38N2O3. The van der Waals surface area contributed by atoms with Crippen LogP contribution in [0.3, 0.4) is 0 Å². The zero-order chi connectivity index (χ0) is 24.2. The van der Waals surface area contributed by atoms with Crippen LogP contribution in [0.4, 0.5) is 10.5 Å². The maximum Gasteiger partial charge on any atom is 0.410 e. The second-order valence-corrected chi connectivity index (χ2v) is 10.6. The number of rotatable bonds is 5. The number of hydrogen-bond donors (Lipinski definition) is 1. The van der Waals surface area contributed by atoms with Gasteiger partial charge in [-0.1, -0.05) is 45.0 Å². The monoisotopic (exact) mass is 450 g/mol. The number of amides is 2. The third kappa shape index (κ3) is 6.59. The first-order chi connectivity index (χ1) is 15.5. The zero-order valence-corrected chi connectivity index (χ0v) is 20.9. The van der Waals surface area contributed by atoms with Gasteiger partial charge in [0.05, 0.1) is 0 Å². The highest BCUT2D eigenvalue weighted by Crippen LogP contribution is 2.30. The molecular weight excluding hydrogens is 412 g/mol. The number of carbonyl (C=O) groups is 2. The molecule has 2 amide bonds. The van der Waals surface area contributed by atoms with Gasteiger partial charge < -0.3 is 15.0 Å². The predicted molar refractivity (Wildman–Crippen MR) is 134 cm³/mol. The Hall–Kier alpha value is -2.82. The van der Waals surface area contributed by atoms with Crippen molar-refractivity contribution in [3.8, 4) is 0 Å². The molecule has 0 radical (unpaired) electrons. The molecule has 1 heterocycles. The summed E-state index contributed by atoms with van der Waals surface area (Å²) in [6.07, 6.45) is 2.58. The topological polar surface area (TPSA) is 58.6 Å². The number of hydrogen-bond acceptors (Lipinski definition) is 3. The molecule has 5 nitrogen and oxygen atoms in total. The van der Waals surface area contributed by atoms with Gasteiger partial charge in [0.1, 0.15) is 5.60 Å². The van der Waals surface area contributed by atoms with Crippen LogP contribution >= 0.6 is 0 Å². The number of benzene rings is 2. The Morgan fingerprint density at radius 2 is 1.64 bits per heavy atom. The Morgan fingerprint density at radius 3 is 2.21 bits per heavy atom. The van der Waals surface area contributed by atoms with Gasteiger partial charge in [0.2, 0.25) is 0 Å². The van der Waals surface area contributed by atoms with E-state index in [0.29, 0.717) is 24.6 Å². The number of likely N-dealkylation sites (tertiary alicyclic amines) is 1. The van der Waals surface area contributed by atoms with E-state index in [-0.39, 0.29) is 17.4 Å². The van der Waals surface area contributed by atoms with E-state index in [1.807, 2.05) is 57.2 Å². The molecule has 33 heavy (non-hydrogen) atoms. The fraction of sp³-hybridized carbons (Fsp3) is 0.500. The van der Waals surface area contributed by atoms with Crippen LogP contribution in [0.15, 0.2) is 48.5 Å². The minimum atomic E-state index is -0.474. The molecule has 1 aliphatic heterocycles. The molecule has 1 saturated heterocycles. The van der Waals surface area contributed by atoms with Crippen molar-refractivity contribution in [2.24, 2.45) is 0 Å². The molecule has 0 bridgehead atoms. The van der Waals surface area contributed by atoms with Crippen LogP contribution in [0, 0.1) is 0 Å². The molecule has 5 heteroatoms. The summed E-state index contributed by atoms with van der Waals surface area (Å²) >= 11 is 0. The summed E-state index contributed by atoms with van der Waals surface area (Å²) in [6, 6.07) is 16.0. The van der Waals surface area contributed by atoms with E-state index < -0.39 is 5.60 Å². The highest BCUT2D eigenvalue weighted by molar-refractivity contribution is 6.04. The van der Waals surface area contributed by atoms with Crippen molar-refractivity contribution in [2.75, 3.05) is 18.4 Å². The van der Waals surface area contributed by atoms with Crippen molar-refractivity contribution in [1.29, 1.82) is 0 Å². The quantitative estimate of drug-likeness (QED) is 0.549. The molecule has 3 rings (SSSR count). The van der Waals surface area contributed by atoms with E-state index in [0.717, 1.165) is 24.9 Å². The van der Waals surface area contributed by atoms with E-state index in [2.05, 4.69) is 38.2 Å². The SMILES string of the molecule is CCC(C)(C)c1cccc(NC(=O)c2ccc(C3CCN(C(=O)OC(C)(C)C)CC3)cc2)c1. The molecule has 178 valence electrons. The minimum Gasteiger partial charge on any atom is -0.444 e. The van der Waals surface area contributed by atoms with Crippen LogP contribution in [0.2, 0.25) is 0 Å². The second kappa shape index (κ2) is 9.98. The Morgan fingerprint density at radius 1 is 1.00 bits per heavy atom. The Kier molecular flexibility index (Phi) is 7.51. The van der Waals surface area contributed by atoms with Crippen LogP contribution in [0.1, 0.15) is 88.2 Å². The maximum absolute atomic E-state index is 12.8. The van der Waals surface area contributed by atoms with Crippen LogP contribution in [-0.4, -0.2) is 35.6 Å². The smallest absolute Gasteiger partial charge is 0.410 e. The molecule has 2 aromatic rings. The first-order valence-corrected chi connectivity index (χ1v) is 12.0. The number of nitrogens with one attached hydrogen (secondary N) is 1. The largest absolute Gasteiger partial charge is 0.444 e. The average molecular weight is 451 g/mol. The van der Waals surface area contributed by atoms with Crippen molar-refractivity contribution in [3.63, 3.8) is 0 Å². The second-order valence-electron chi connectivity index (χ2n) is 10.6. The molecule has 2 aromatic carbocycles. The minimum absolute atomic E-state index is 0.0709. The highest BCUT2D eigenvalue weighted by Gasteiger charge is 2.27. The normalized spacial score (nSPS) is 15.3. The van der Waals surface area contributed by atoms with Crippen LogP contribution in [0.25, 0.3) is 0 Å². The lowest BCUT2D eigenvalue weighted by atomic mass is 9.82. The van der Waals surface area contributed by atoms with Gasteiger partial charge in [0, 0.05) is 24.3 Å². The fourth-order valence-electron chi connectivity index (χ4n) is 4.05. The maximum atomic E-state index is 12.8. The first-order valence-electron chi connectivity index (χ1n) is 12.0. The molecule has 0 saturated carbocycles. The van der Waals surface area contributed by atoms with Gasteiger partial charge in [-0.2, -0.15) is 0 Å². The number of nitrogens with zero attached hydrogens (tertiary/aromatic N) is 1. The molecule has 1 N–H and O–H groups in total. The van der Waals surface area contributed by atoms with Crippen molar-refractivity contribution in [2.45, 2.75) is 77.7 Å². The summed E-state index contributed by atoms with van der Waals surface area (Å²) in [6.45, 7) is 13.6. The van der Waals surface area contributed by atoms with Crippen molar-refractivity contribution >= 4 is 17.7 Å². The molecule has 1 aliphatic rings. The lowest BCUT2D eigenvalue weighted by molar-refractivity contribution is 0.0204. The molecule has 0 spiro atoms. The number of ether oxygens (including phenoxy) is 1. The van der Waals surface area contributed by atoms with E-state index in [1.54, 1.807) is 4.90 Å². The number of piperidine rings is 1. The fourth-order valence-corrected chi connectivity index (χ4v) is 4.05. The standard InChI is InChI=1S/C28H38N2O3/c1-7-28(5,6)23-9-8-10-24(19-23)29-25(31)22-13-11-20(12-14-22)21-15-17-30(18-16-21)26(32)33-27(2,3)4/h8-14,19,21H,7,15-18H2,1-6H3,(H,29,31). The van der Waals surface area contributed by atoms with Crippen molar-refractivity contribution in [1.82, 2.24) is 4.90 Å². The Balaban J connectivity index is 1.58. The van der Waals surface area contributed by atoms with Crippen LogP contribution in [-0.2, 0) is 10.2 Å². The summed E-state index contributed by atoms with van der Waals surface area (Å²) < 4.78 is 5.48. The van der Waals surface area contributed by atoms with Gasteiger partial charge >= 0.3 is 6.09 Å². The van der Waals surface area contributed by atoms with Gasteiger partial charge in [-0.25, -0.2) is 4.79 Å². The average Bonchev–Trinajstić information content (AvgIpc) is 2.78. The summed E-state index contributed by atoms with van der Waals surface area (Å²) in [5.41, 5.74) is 3.49. The molecule has 0 aliphatic carbocycles. The van der Waals surface area contributed by atoms with Gasteiger partial charge in [-0.3, -0.25) is 4.79 Å². The summed E-state index contributed by atoms with van der Waals surface area (Å²) in [7, 11) is 0. The summed E-state index contributed by atoms with van der Waals surface area (Å²) in [5, 5.41) is 3.03. The van der Waals surface area contributed by atoms with Crippen molar-refractivity contribution in [3.05, 3.63) is 65.2 Å². The first kappa shape index (κ1) is 24.8. The van der Waals surface area contributed by atoms with E-state index >= 15 is 0 Å². The van der Waals surface area contributed by atoms with Crippen LogP contribution in [0.5, 0.6) is 0 Å². The van der Waals surface area contributed by atoms with E-state index in [4.69, 9.17) is 4.74 Å². The van der Waals surface area contributed by atoms with E-state index in [9.17, 15) is 9.59 Å². The Labute approximate surface area is 198 Å². The van der Waals surface area contributed by atoms with Gasteiger partial charge in [0.25, 0.3) is 5.91 Å². The zero-order valence-electron chi connectivity index (χ0n) is 20.9. The highest BCUT2D eigenvalue weighted by atomic mass is 16.6. The summed E-state index contributed by atoms with van der Waals surface area (Å²) in [5.74, 6) is 0.279. The lowest BCUT2D eigenvalue weighted by Crippen LogP contribution is -2.41. The number of carbonyl (C=O) groups excluding carboxylic acids is 2. The summed E-state index contributed by atoms with van der Waals surface area (Å²) in [4.78, 5) is 26.9. The van der Waals surface area contributed by atoms with E-state index in [1.165, 1.54) is 11.1 Å². The predicted octanol–water partition coefficient (Wildman–Crippen LogP) is 6.74. The molecule has 0 aromatic heterocycles. The van der Waals surface area contributed by atoms with Gasteiger partial charge in [0.15, 0.2) is 0 Å². The third-order valence-corrected chi connectivity index (χ3v) is 6.58.